The Morgan fingerprint density at radius 3 is 2.74 bits per heavy atom. The number of nitrogens with one attached hydrogen (secondary N) is 1. The lowest BCUT2D eigenvalue weighted by Gasteiger charge is -2.23. The number of fused-ring (bicyclic) bond motifs is 1. The van der Waals surface area contributed by atoms with Crippen molar-refractivity contribution in [1.82, 2.24) is 10.2 Å². The lowest BCUT2D eigenvalue weighted by molar-refractivity contribution is 0.406. The molecule has 1 aliphatic rings. The SMILES string of the molecule is CC(C)NC(=NCC1CCS(=O)(=O)C1)N(C)Cc1cc2ccccc2o1.I. The fourth-order valence-corrected chi connectivity index (χ4v) is 5.04. The number of aliphatic imine (C=N–C) groups is 1. The summed E-state index contributed by atoms with van der Waals surface area (Å²) in [5.41, 5.74) is 0.877. The fourth-order valence-electron chi connectivity index (χ4n) is 3.19. The van der Waals surface area contributed by atoms with E-state index in [1.807, 2.05) is 42.3 Å². The molecule has 0 aliphatic carbocycles. The first-order valence-electron chi connectivity index (χ1n) is 9.02. The van der Waals surface area contributed by atoms with E-state index in [9.17, 15) is 8.42 Å². The van der Waals surface area contributed by atoms with Gasteiger partial charge in [-0.2, -0.15) is 0 Å². The molecule has 27 heavy (non-hydrogen) atoms. The summed E-state index contributed by atoms with van der Waals surface area (Å²) in [4.78, 5) is 6.70. The third-order valence-electron chi connectivity index (χ3n) is 4.47. The Morgan fingerprint density at radius 2 is 2.11 bits per heavy atom. The topological polar surface area (TPSA) is 74.9 Å². The predicted octanol–water partition coefficient (Wildman–Crippen LogP) is 3.27. The van der Waals surface area contributed by atoms with E-state index in [1.54, 1.807) is 0 Å². The van der Waals surface area contributed by atoms with E-state index in [1.165, 1.54) is 0 Å². The van der Waals surface area contributed by atoms with Gasteiger partial charge in [0.2, 0.25) is 0 Å². The molecule has 1 unspecified atom stereocenters. The summed E-state index contributed by atoms with van der Waals surface area (Å²) in [6, 6.07) is 10.2. The number of hydrogen-bond donors (Lipinski definition) is 1. The normalized spacial score (nSPS) is 19.3. The van der Waals surface area contributed by atoms with Gasteiger partial charge in [-0.3, -0.25) is 4.99 Å². The van der Waals surface area contributed by atoms with Crippen molar-refractivity contribution in [1.29, 1.82) is 0 Å². The van der Waals surface area contributed by atoms with Gasteiger partial charge in [-0.15, -0.1) is 24.0 Å². The first kappa shape index (κ1) is 22.0. The molecule has 0 radical (unpaired) electrons. The molecule has 0 bridgehead atoms. The Hall–Kier alpha value is -1.29. The first-order valence-corrected chi connectivity index (χ1v) is 10.8. The minimum Gasteiger partial charge on any atom is -0.459 e. The number of rotatable bonds is 5. The van der Waals surface area contributed by atoms with Crippen LogP contribution < -0.4 is 5.32 Å². The van der Waals surface area contributed by atoms with Crippen molar-refractivity contribution >= 4 is 50.7 Å². The summed E-state index contributed by atoms with van der Waals surface area (Å²) < 4.78 is 29.2. The second kappa shape index (κ2) is 9.27. The number of hydrogen-bond acceptors (Lipinski definition) is 4. The molecular weight excluding hydrogens is 477 g/mol. The number of guanidine groups is 1. The maximum atomic E-state index is 11.6. The first-order chi connectivity index (χ1) is 12.3. The molecule has 0 amide bonds. The number of halogens is 1. The van der Waals surface area contributed by atoms with E-state index in [-0.39, 0.29) is 47.4 Å². The van der Waals surface area contributed by atoms with Gasteiger partial charge >= 0.3 is 0 Å². The lowest BCUT2D eigenvalue weighted by Crippen LogP contribution is -2.42. The molecule has 150 valence electrons. The second-order valence-corrected chi connectivity index (χ2v) is 9.57. The van der Waals surface area contributed by atoms with Gasteiger partial charge in [0.05, 0.1) is 18.1 Å². The standard InChI is InChI=1S/C19H27N3O3S.HI/c1-14(2)21-19(20-11-15-8-9-26(23,24)13-15)22(3)12-17-10-16-6-4-5-7-18(16)25-17;/h4-7,10,14-15H,8-9,11-13H2,1-3H3,(H,20,21);1H. The van der Waals surface area contributed by atoms with Crippen molar-refractivity contribution in [3.8, 4) is 0 Å². The Labute approximate surface area is 178 Å². The van der Waals surface area contributed by atoms with Crippen molar-refractivity contribution in [2.75, 3.05) is 25.1 Å². The summed E-state index contributed by atoms with van der Waals surface area (Å²) in [6.07, 6.45) is 0.702. The predicted molar refractivity (Wildman–Crippen MR) is 120 cm³/mol. The minimum atomic E-state index is -2.87. The Balaban J connectivity index is 0.00000261. The third-order valence-corrected chi connectivity index (χ3v) is 6.31. The van der Waals surface area contributed by atoms with E-state index in [0.29, 0.717) is 19.5 Å². The van der Waals surface area contributed by atoms with Gasteiger partial charge < -0.3 is 14.6 Å². The van der Waals surface area contributed by atoms with E-state index in [0.717, 1.165) is 22.7 Å². The lowest BCUT2D eigenvalue weighted by atomic mass is 10.1. The van der Waals surface area contributed by atoms with E-state index >= 15 is 0 Å². The maximum absolute atomic E-state index is 11.6. The number of nitrogens with zero attached hydrogens (tertiary/aromatic N) is 2. The zero-order valence-electron chi connectivity index (χ0n) is 16.0. The fraction of sp³-hybridized carbons (Fsp3) is 0.526. The highest BCUT2D eigenvalue weighted by atomic mass is 127. The van der Waals surface area contributed by atoms with Crippen LogP contribution in [0, 0.1) is 5.92 Å². The molecular formula is C19H28IN3O3S. The van der Waals surface area contributed by atoms with Crippen LogP contribution >= 0.6 is 24.0 Å². The zero-order valence-corrected chi connectivity index (χ0v) is 19.2. The van der Waals surface area contributed by atoms with Crippen molar-refractivity contribution in [3.63, 3.8) is 0 Å². The smallest absolute Gasteiger partial charge is 0.194 e. The van der Waals surface area contributed by atoms with Gasteiger partial charge in [0, 0.05) is 25.0 Å². The number of furan rings is 1. The van der Waals surface area contributed by atoms with E-state index in [2.05, 4.69) is 24.2 Å². The molecule has 0 saturated carbocycles. The van der Waals surface area contributed by atoms with Crippen molar-refractivity contribution in [3.05, 3.63) is 36.1 Å². The quantitative estimate of drug-likeness (QED) is 0.384. The highest BCUT2D eigenvalue weighted by Gasteiger charge is 2.27. The van der Waals surface area contributed by atoms with Crippen molar-refractivity contribution in [2.45, 2.75) is 32.9 Å². The molecule has 1 saturated heterocycles. The van der Waals surface area contributed by atoms with Gasteiger partial charge in [0.15, 0.2) is 15.8 Å². The highest BCUT2D eigenvalue weighted by Crippen LogP contribution is 2.20. The molecule has 8 heteroatoms. The van der Waals surface area contributed by atoms with Crippen LogP contribution in [-0.2, 0) is 16.4 Å². The van der Waals surface area contributed by atoms with E-state index in [4.69, 9.17) is 4.42 Å². The third kappa shape index (κ3) is 6.10. The molecule has 6 nitrogen and oxygen atoms in total. The highest BCUT2D eigenvalue weighted by molar-refractivity contribution is 14.0. The molecule has 2 aromatic rings. The van der Waals surface area contributed by atoms with Crippen LogP contribution in [0.5, 0.6) is 0 Å². The van der Waals surface area contributed by atoms with Crippen LogP contribution in [0.2, 0.25) is 0 Å². The summed E-state index contributed by atoms with van der Waals surface area (Å²) in [5.74, 6) is 2.29. The van der Waals surface area contributed by atoms with E-state index < -0.39 is 9.84 Å². The average Bonchev–Trinajstić information content (AvgIpc) is 3.12. The Bertz CT molecular complexity index is 859. The minimum absolute atomic E-state index is 0. The van der Waals surface area contributed by atoms with Crippen LogP contribution in [0.25, 0.3) is 11.0 Å². The van der Waals surface area contributed by atoms with Gasteiger partial charge in [-0.1, -0.05) is 18.2 Å². The summed E-state index contributed by atoms with van der Waals surface area (Å²) >= 11 is 0. The molecule has 1 atom stereocenters. The van der Waals surface area contributed by atoms with Gasteiger partial charge in [0.25, 0.3) is 0 Å². The van der Waals surface area contributed by atoms with Crippen molar-refractivity contribution in [2.24, 2.45) is 10.9 Å². The average molecular weight is 505 g/mol. The summed E-state index contributed by atoms with van der Waals surface area (Å²) in [7, 11) is -0.903. The monoisotopic (exact) mass is 505 g/mol. The molecule has 2 heterocycles. The van der Waals surface area contributed by atoms with Crippen LogP contribution in [-0.4, -0.2) is 50.4 Å². The second-order valence-electron chi connectivity index (χ2n) is 7.34. The summed E-state index contributed by atoms with van der Waals surface area (Å²) in [5, 5.41) is 4.45. The summed E-state index contributed by atoms with van der Waals surface area (Å²) in [6.45, 7) is 5.24. The largest absolute Gasteiger partial charge is 0.459 e. The number of para-hydroxylation sites is 1. The number of sulfone groups is 1. The van der Waals surface area contributed by atoms with Gasteiger partial charge in [0.1, 0.15) is 11.3 Å². The van der Waals surface area contributed by atoms with Gasteiger partial charge in [-0.05, 0) is 38.3 Å². The number of benzene rings is 1. The molecule has 0 spiro atoms. The van der Waals surface area contributed by atoms with Gasteiger partial charge in [-0.25, -0.2) is 8.42 Å². The van der Waals surface area contributed by atoms with Crippen LogP contribution in [0.1, 0.15) is 26.0 Å². The van der Waals surface area contributed by atoms with Crippen molar-refractivity contribution < 1.29 is 12.8 Å². The Morgan fingerprint density at radius 1 is 1.37 bits per heavy atom. The molecule has 1 aromatic carbocycles. The molecule has 3 rings (SSSR count). The molecule has 1 fully saturated rings. The Kier molecular flexibility index (Phi) is 7.55. The molecule has 1 aliphatic heterocycles. The zero-order chi connectivity index (χ0) is 18.7. The molecule has 1 N–H and O–H groups in total. The molecule has 1 aromatic heterocycles. The van der Waals surface area contributed by atoms with Crippen LogP contribution in [0.3, 0.4) is 0 Å². The maximum Gasteiger partial charge on any atom is 0.194 e. The van der Waals surface area contributed by atoms with Crippen LogP contribution in [0.4, 0.5) is 0 Å². The van der Waals surface area contributed by atoms with Crippen LogP contribution in [0.15, 0.2) is 39.7 Å².